The number of benzene rings is 2. The fraction of sp³-hybridized carbons (Fsp3) is 0.417. The van der Waals surface area contributed by atoms with Gasteiger partial charge < -0.3 is 24.4 Å². The Morgan fingerprint density at radius 2 is 1.55 bits per heavy atom. The minimum absolute atomic E-state index is 0.0305. The molecule has 1 saturated heterocycles. The molecular weight excluding hydrogens is 396 g/mol. The molecule has 1 aliphatic rings. The minimum atomic E-state index is -0.289. The fourth-order valence-electron chi connectivity index (χ4n) is 4.05. The number of rotatable bonds is 6. The first-order valence-electron chi connectivity index (χ1n) is 10.3. The van der Waals surface area contributed by atoms with Crippen LogP contribution < -0.4 is 19.5 Å². The van der Waals surface area contributed by atoms with Crippen molar-refractivity contribution in [3.8, 4) is 17.2 Å². The Kier molecular flexibility index (Phi) is 7.05. The molecule has 166 valence electrons. The summed E-state index contributed by atoms with van der Waals surface area (Å²) in [4.78, 5) is 27.8. The van der Waals surface area contributed by atoms with E-state index in [9.17, 15) is 9.59 Å². The van der Waals surface area contributed by atoms with Crippen molar-refractivity contribution in [2.75, 3.05) is 39.7 Å². The SMILES string of the molecule is COc1cc(NC(=O)C2CCCN(C(=O)c3cc(C)cc(C)c3)C2)cc(OC)c1OC. The molecule has 0 aromatic heterocycles. The van der Waals surface area contributed by atoms with Gasteiger partial charge in [0.1, 0.15) is 0 Å². The largest absolute Gasteiger partial charge is 0.493 e. The van der Waals surface area contributed by atoms with E-state index in [0.29, 0.717) is 41.6 Å². The van der Waals surface area contributed by atoms with E-state index in [1.54, 1.807) is 17.0 Å². The highest BCUT2D eigenvalue weighted by Gasteiger charge is 2.29. The van der Waals surface area contributed by atoms with Crippen LogP contribution in [0.3, 0.4) is 0 Å². The van der Waals surface area contributed by atoms with E-state index in [2.05, 4.69) is 5.32 Å². The molecule has 1 atom stereocenters. The van der Waals surface area contributed by atoms with Gasteiger partial charge in [0.15, 0.2) is 11.5 Å². The quantitative estimate of drug-likeness (QED) is 0.760. The summed E-state index contributed by atoms with van der Waals surface area (Å²) < 4.78 is 16.0. The van der Waals surface area contributed by atoms with Crippen molar-refractivity contribution < 1.29 is 23.8 Å². The first-order valence-corrected chi connectivity index (χ1v) is 10.3. The summed E-state index contributed by atoms with van der Waals surface area (Å²) in [6.45, 7) is 5.00. The zero-order valence-electron chi connectivity index (χ0n) is 18.8. The highest BCUT2D eigenvalue weighted by atomic mass is 16.5. The number of nitrogens with one attached hydrogen (secondary N) is 1. The van der Waals surface area contributed by atoms with Crippen LogP contribution in [0, 0.1) is 19.8 Å². The van der Waals surface area contributed by atoms with Crippen molar-refractivity contribution >= 4 is 17.5 Å². The number of ether oxygens (including phenoxy) is 3. The summed E-state index contributed by atoms with van der Waals surface area (Å²) in [5, 5.41) is 2.94. The molecule has 3 rings (SSSR count). The molecule has 1 heterocycles. The number of methoxy groups -OCH3 is 3. The number of hydrogen-bond acceptors (Lipinski definition) is 5. The normalized spacial score (nSPS) is 15.9. The standard InChI is InChI=1S/C24H30N2O5/c1-15-9-16(2)11-18(10-15)24(28)26-8-6-7-17(14-26)23(27)25-19-12-20(29-3)22(31-5)21(13-19)30-4/h9-13,17H,6-8,14H2,1-5H3,(H,25,27). The molecule has 2 aromatic rings. The molecule has 0 radical (unpaired) electrons. The lowest BCUT2D eigenvalue weighted by Gasteiger charge is -2.32. The molecule has 1 fully saturated rings. The first-order chi connectivity index (χ1) is 14.9. The third kappa shape index (κ3) is 5.10. The van der Waals surface area contributed by atoms with Crippen molar-refractivity contribution in [1.29, 1.82) is 0 Å². The average molecular weight is 427 g/mol. The average Bonchev–Trinajstić information content (AvgIpc) is 2.77. The molecule has 31 heavy (non-hydrogen) atoms. The van der Waals surface area contributed by atoms with Crippen LogP contribution in [0.5, 0.6) is 17.2 Å². The van der Waals surface area contributed by atoms with Gasteiger partial charge >= 0.3 is 0 Å². The molecule has 0 bridgehead atoms. The molecule has 0 spiro atoms. The first kappa shape index (κ1) is 22.5. The van der Waals surface area contributed by atoms with Crippen molar-refractivity contribution in [3.63, 3.8) is 0 Å². The van der Waals surface area contributed by atoms with Crippen LogP contribution in [-0.4, -0.2) is 51.1 Å². The van der Waals surface area contributed by atoms with Gasteiger partial charge in [0.25, 0.3) is 5.91 Å². The molecule has 1 N–H and O–H groups in total. The zero-order chi connectivity index (χ0) is 22.5. The van der Waals surface area contributed by atoms with Gasteiger partial charge in [-0.15, -0.1) is 0 Å². The Balaban J connectivity index is 1.73. The van der Waals surface area contributed by atoms with Gasteiger partial charge in [0.05, 0.1) is 27.2 Å². The molecular formula is C24H30N2O5. The molecule has 1 unspecified atom stereocenters. The summed E-state index contributed by atoms with van der Waals surface area (Å²) >= 11 is 0. The number of aryl methyl sites for hydroxylation is 2. The number of anilines is 1. The van der Waals surface area contributed by atoms with Crippen molar-refractivity contribution in [2.24, 2.45) is 5.92 Å². The fourth-order valence-corrected chi connectivity index (χ4v) is 4.05. The number of carbonyl (C=O) groups excluding carboxylic acids is 2. The van der Waals surface area contributed by atoms with Crippen molar-refractivity contribution in [2.45, 2.75) is 26.7 Å². The lowest BCUT2D eigenvalue weighted by Crippen LogP contribution is -2.43. The summed E-state index contributed by atoms with van der Waals surface area (Å²) in [6.07, 6.45) is 1.51. The summed E-state index contributed by atoms with van der Waals surface area (Å²) in [5.41, 5.74) is 3.33. The minimum Gasteiger partial charge on any atom is -0.493 e. The Labute approximate surface area is 183 Å². The highest BCUT2D eigenvalue weighted by molar-refractivity contribution is 5.96. The second-order valence-corrected chi connectivity index (χ2v) is 7.87. The number of nitrogens with zero attached hydrogens (tertiary/aromatic N) is 1. The molecule has 7 nitrogen and oxygen atoms in total. The van der Waals surface area contributed by atoms with Crippen LogP contribution in [0.1, 0.15) is 34.3 Å². The maximum absolute atomic E-state index is 13.0. The third-order valence-electron chi connectivity index (χ3n) is 5.48. The topological polar surface area (TPSA) is 77.1 Å². The molecule has 0 aliphatic carbocycles. The van der Waals surface area contributed by atoms with Gasteiger partial charge in [-0.3, -0.25) is 9.59 Å². The number of piperidine rings is 1. The monoisotopic (exact) mass is 426 g/mol. The van der Waals surface area contributed by atoms with Crippen LogP contribution in [0.25, 0.3) is 0 Å². The van der Waals surface area contributed by atoms with E-state index < -0.39 is 0 Å². The van der Waals surface area contributed by atoms with Crippen LogP contribution in [0.4, 0.5) is 5.69 Å². The molecule has 7 heteroatoms. The number of likely N-dealkylation sites (tertiary alicyclic amines) is 1. The van der Waals surface area contributed by atoms with Crippen LogP contribution >= 0.6 is 0 Å². The smallest absolute Gasteiger partial charge is 0.253 e. The Morgan fingerprint density at radius 3 is 2.10 bits per heavy atom. The summed E-state index contributed by atoms with van der Waals surface area (Å²) in [7, 11) is 4.59. The third-order valence-corrected chi connectivity index (χ3v) is 5.48. The van der Waals surface area contributed by atoms with E-state index in [-0.39, 0.29) is 17.7 Å². The maximum atomic E-state index is 13.0. The van der Waals surface area contributed by atoms with E-state index >= 15 is 0 Å². The van der Waals surface area contributed by atoms with E-state index in [4.69, 9.17) is 14.2 Å². The summed E-state index contributed by atoms with van der Waals surface area (Å²) in [6, 6.07) is 9.23. The van der Waals surface area contributed by atoms with Gasteiger partial charge in [-0.05, 0) is 38.8 Å². The van der Waals surface area contributed by atoms with E-state index in [0.717, 1.165) is 24.0 Å². The predicted molar refractivity (Wildman–Crippen MR) is 119 cm³/mol. The van der Waals surface area contributed by atoms with Crippen LogP contribution in [0.15, 0.2) is 30.3 Å². The van der Waals surface area contributed by atoms with E-state index in [1.807, 2.05) is 32.0 Å². The van der Waals surface area contributed by atoms with E-state index in [1.165, 1.54) is 21.3 Å². The number of amides is 2. The van der Waals surface area contributed by atoms with Gasteiger partial charge in [0, 0.05) is 36.5 Å². The lowest BCUT2D eigenvalue weighted by molar-refractivity contribution is -0.121. The Bertz CT molecular complexity index is 927. The van der Waals surface area contributed by atoms with Crippen molar-refractivity contribution in [3.05, 3.63) is 47.0 Å². The maximum Gasteiger partial charge on any atom is 0.253 e. The summed E-state index contributed by atoms with van der Waals surface area (Å²) in [5.74, 6) is 0.942. The van der Waals surface area contributed by atoms with Gasteiger partial charge in [-0.2, -0.15) is 0 Å². The van der Waals surface area contributed by atoms with Crippen molar-refractivity contribution in [1.82, 2.24) is 4.90 Å². The molecule has 2 amide bonds. The molecule has 0 saturated carbocycles. The van der Waals surface area contributed by atoms with Crippen LogP contribution in [-0.2, 0) is 4.79 Å². The molecule has 1 aliphatic heterocycles. The lowest BCUT2D eigenvalue weighted by atomic mass is 9.96. The predicted octanol–water partition coefficient (Wildman–Crippen LogP) is 3.82. The van der Waals surface area contributed by atoms with Gasteiger partial charge in [-0.25, -0.2) is 0 Å². The Hall–Kier alpha value is -3.22. The van der Waals surface area contributed by atoms with Crippen LogP contribution in [0.2, 0.25) is 0 Å². The second kappa shape index (κ2) is 9.73. The number of hydrogen-bond donors (Lipinski definition) is 1. The highest BCUT2D eigenvalue weighted by Crippen LogP contribution is 2.40. The molecule has 2 aromatic carbocycles. The Morgan fingerprint density at radius 1 is 0.935 bits per heavy atom. The second-order valence-electron chi connectivity index (χ2n) is 7.87. The van der Waals surface area contributed by atoms with Gasteiger partial charge in [-0.1, -0.05) is 17.2 Å². The zero-order valence-corrected chi connectivity index (χ0v) is 18.8. The number of carbonyl (C=O) groups is 2. The van der Waals surface area contributed by atoms with Gasteiger partial charge in [0.2, 0.25) is 11.7 Å².